The molecule has 0 saturated carbocycles. The summed E-state index contributed by atoms with van der Waals surface area (Å²) >= 11 is 0. The van der Waals surface area contributed by atoms with Gasteiger partial charge in [0.15, 0.2) is 18.1 Å². The number of benzene rings is 1. The van der Waals surface area contributed by atoms with Gasteiger partial charge < -0.3 is 20.1 Å². The Balaban J connectivity index is 1.79. The summed E-state index contributed by atoms with van der Waals surface area (Å²) in [7, 11) is 1.59. The second kappa shape index (κ2) is 9.20. The highest BCUT2D eigenvalue weighted by Crippen LogP contribution is 2.28. The number of piperidine rings is 1. The zero-order valence-corrected chi connectivity index (χ0v) is 13.8. The Kier molecular flexibility index (Phi) is 6.94. The fraction of sp³-hybridized carbons (Fsp3) is 0.500. The highest BCUT2D eigenvalue weighted by molar-refractivity contribution is 5.77. The molecule has 2 rings (SSSR count). The highest BCUT2D eigenvalue weighted by Gasteiger charge is 2.14. The van der Waals surface area contributed by atoms with Crippen molar-refractivity contribution in [1.29, 1.82) is 0 Å². The minimum absolute atomic E-state index is 0.00267. The summed E-state index contributed by atoms with van der Waals surface area (Å²) in [5.74, 6) is 1.62. The number of rotatable bonds is 8. The van der Waals surface area contributed by atoms with Crippen LogP contribution in [0.25, 0.3) is 0 Å². The van der Waals surface area contributed by atoms with Gasteiger partial charge in [0.25, 0.3) is 5.91 Å². The number of methoxy groups -OCH3 is 1. The van der Waals surface area contributed by atoms with Crippen LogP contribution in [0.3, 0.4) is 0 Å². The summed E-state index contributed by atoms with van der Waals surface area (Å²) in [4.78, 5) is 11.9. The Morgan fingerprint density at radius 2 is 2.35 bits per heavy atom. The second-order valence-electron chi connectivity index (χ2n) is 5.78. The molecule has 0 bridgehead atoms. The lowest BCUT2D eigenvalue weighted by molar-refractivity contribution is -0.123. The molecule has 0 radical (unpaired) electrons. The van der Waals surface area contributed by atoms with E-state index in [9.17, 15) is 4.79 Å². The molecule has 1 aliphatic heterocycles. The second-order valence-corrected chi connectivity index (χ2v) is 5.78. The molecular formula is C18H26N2O3. The van der Waals surface area contributed by atoms with Gasteiger partial charge in [-0.3, -0.25) is 4.79 Å². The molecule has 1 aromatic carbocycles. The van der Waals surface area contributed by atoms with Crippen molar-refractivity contribution in [3.8, 4) is 11.5 Å². The van der Waals surface area contributed by atoms with Gasteiger partial charge in [-0.1, -0.05) is 12.1 Å². The first kappa shape index (κ1) is 17.3. The molecule has 1 atom stereocenters. The third-order valence-electron chi connectivity index (χ3n) is 3.95. The Morgan fingerprint density at radius 3 is 3.04 bits per heavy atom. The van der Waals surface area contributed by atoms with E-state index in [4.69, 9.17) is 9.47 Å². The molecule has 2 N–H and O–H groups in total. The van der Waals surface area contributed by atoms with E-state index in [1.807, 2.05) is 24.3 Å². The van der Waals surface area contributed by atoms with Crippen LogP contribution in [0.15, 0.2) is 30.9 Å². The van der Waals surface area contributed by atoms with Gasteiger partial charge in [-0.25, -0.2) is 0 Å². The maximum Gasteiger partial charge on any atom is 0.257 e. The molecule has 1 aliphatic rings. The largest absolute Gasteiger partial charge is 0.493 e. The van der Waals surface area contributed by atoms with E-state index in [1.165, 1.54) is 6.42 Å². The summed E-state index contributed by atoms with van der Waals surface area (Å²) in [6.07, 6.45) is 4.94. The van der Waals surface area contributed by atoms with Crippen LogP contribution in [0, 0.1) is 5.92 Å². The number of ether oxygens (including phenoxy) is 2. The van der Waals surface area contributed by atoms with Crippen LogP contribution in [0.2, 0.25) is 0 Å². The number of nitrogens with one attached hydrogen (secondary N) is 2. The van der Waals surface area contributed by atoms with E-state index >= 15 is 0 Å². The molecule has 5 nitrogen and oxygen atoms in total. The average molecular weight is 318 g/mol. The third-order valence-corrected chi connectivity index (χ3v) is 3.95. The summed E-state index contributed by atoms with van der Waals surface area (Å²) in [5.41, 5.74) is 1.10. The number of carbonyl (C=O) groups excluding carboxylic acids is 1. The van der Waals surface area contributed by atoms with Gasteiger partial charge in [-0.05, 0) is 56.0 Å². The van der Waals surface area contributed by atoms with Crippen LogP contribution in [-0.2, 0) is 11.2 Å². The summed E-state index contributed by atoms with van der Waals surface area (Å²) in [5, 5.41) is 6.27. The lowest BCUT2D eigenvalue weighted by atomic mass is 10.00. The lowest BCUT2D eigenvalue weighted by Gasteiger charge is -2.22. The van der Waals surface area contributed by atoms with Gasteiger partial charge in [-0.2, -0.15) is 0 Å². The van der Waals surface area contributed by atoms with E-state index in [1.54, 1.807) is 7.11 Å². The van der Waals surface area contributed by atoms with E-state index in [-0.39, 0.29) is 12.5 Å². The number of amides is 1. The minimum atomic E-state index is -0.104. The molecule has 0 spiro atoms. The lowest BCUT2D eigenvalue weighted by Crippen LogP contribution is -2.39. The fourth-order valence-corrected chi connectivity index (χ4v) is 2.68. The van der Waals surface area contributed by atoms with E-state index < -0.39 is 0 Å². The first-order chi connectivity index (χ1) is 11.2. The van der Waals surface area contributed by atoms with Crippen LogP contribution in [0.4, 0.5) is 0 Å². The van der Waals surface area contributed by atoms with Crippen LogP contribution < -0.4 is 20.1 Å². The number of hydrogen-bond donors (Lipinski definition) is 2. The first-order valence-corrected chi connectivity index (χ1v) is 8.11. The van der Waals surface area contributed by atoms with Gasteiger partial charge in [0.05, 0.1) is 7.11 Å². The van der Waals surface area contributed by atoms with Crippen LogP contribution in [0.5, 0.6) is 11.5 Å². The minimum Gasteiger partial charge on any atom is -0.493 e. The highest BCUT2D eigenvalue weighted by atomic mass is 16.5. The molecule has 1 unspecified atom stereocenters. The molecule has 1 heterocycles. The van der Waals surface area contributed by atoms with Crippen molar-refractivity contribution < 1.29 is 14.3 Å². The van der Waals surface area contributed by atoms with Crippen molar-refractivity contribution in [3.63, 3.8) is 0 Å². The molecular weight excluding hydrogens is 292 g/mol. The molecule has 0 aromatic heterocycles. The maximum atomic E-state index is 11.9. The molecule has 1 aromatic rings. The number of hydrogen-bond acceptors (Lipinski definition) is 4. The molecule has 23 heavy (non-hydrogen) atoms. The van der Waals surface area contributed by atoms with Crippen molar-refractivity contribution in [2.75, 3.05) is 33.4 Å². The van der Waals surface area contributed by atoms with Gasteiger partial charge in [-0.15, -0.1) is 6.58 Å². The average Bonchev–Trinajstić information content (AvgIpc) is 2.59. The first-order valence-electron chi connectivity index (χ1n) is 8.11. The van der Waals surface area contributed by atoms with Gasteiger partial charge in [0, 0.05) is 6.54 Å². The van der Waals surface area contributed by atoms with Crippen LogP contribution in [0.1, 0.15) is 18.4 Å². The van der Waals surface area contributed by atoms with Gasteiger partial charge in [0.1, 0.15) is 0 Å². The summed E-state index contributed by atoms with van der Waals surface area (Å²) in [6, 6.07) is 5.68. The normalized spacial score (nSPS) is 17.3. The Morgan fingerprint density at radius 1 is 1.48 bits per heavy atom. The van der Waals surface area contributed by atoms with Gasteiger partial charge >= 0.3 is 0 Å². The van der Waals surface area contributed by atoms with Crippen molar-refractivity contribution in [1.82, 2.24) is 10.6 Å². The van der Waals surface area contributed by atoms with E-state index in [0.29, 0.717) is 24.0 Å². The predicted molar refractivity (Wildman–Crippen MR) is 91.0 cm³/mol. The molecule has 1 fully saturated rings. The number of allylic oxidation sites excluding steroid dienone is 1. The fourth-order valence-electron chi connectivity index (χ4n) is 2.68. The Hall–Kier alpha value is -2.01. The smallest absolute Gasteiger partial charge is 0.257 e. The number of carbonyl (C=O) groups is 1. The Bertz CT molecular complexity index is 525. The van der Waals surface area contributed by atoms with E-state index in [0.717, 1.165) is 31.5 Å². The predicted octanol–water partition coefficient (Wildman–Crippen LogP) is 1.92. The van der Waals surface area contributed by atoms with Gasteiger partial charge in [0.2, 0.25) is 0 Å². The molecule has 0 aliphatic carbocycles. The van der Waals surface area contributed by atoms with Crippen LogP contribution >= 0.6 is 0 Å². The SMILES string of the molecule is C=CCc1ccc(OCC(=O)NCC2CCCNC2)c(OC)c1. The zero-order valence-electron chi connectivity index (χ0n) is 13.8. The molecule has 1 amide bonds. The molecule has 1 saturated heterocycles. The quantitative estimate of drug-likeness (QED) is 0.719. The monoisotopic (exact) mass is 318 g/mol. The third kappa shape index (κ3) is 5.60. The summed E-state index contributed by atoms with van der Waals surface area (Å²) in [6.45, 7) is 6.47. The van der Waals surface area contributed by atoms with Crippen molar-refractivity contribution in [2.24, 2.45) is 5.92 Å². The van der Waals surface area contributed by atoms with Crippen molar-refractivity contribution in [2.45, 2.75) is 19.3 Å². The summed E-state index contributed by atoms with van der Waals surface area (Å²) < 4.78 is 10.9. The van der Waals surface area contributed by atoms with E-state index in [2.05, 4.69) is 17.2 Å². The van der Waals surface area contributed by atoms with Crippen molar-refractivity contribution in [3.05, 3.63) is 36.4 Å². The standard InChI is InChI=1S/C18H26N2O3/c1-3-5-14-7-8-16(17(10-14)22-2)23-13-18(21)20-12-15-6-4-9-19-11-15/h3,7-8,10,15,19H,1,4-6,9,11-13H2,2H3,(H,20,21). The maximum absolute atomic E-state index is 11.9. The Labute approximate surface area is 138 Å². The topological polar surface area (TPSA) is 59.6 Å². The zero-order chi connectivity index (χ0) is 16.5. The van der Waals surface area contributed by atoms with Crippen LogP contribution in [-0.4, -0.2) is 39.3 Å². The molecule has 5 heteroatoms. The molecule has 126 valence electrons. The van der Waals surface area contributed by atoms with Crippen molar-refractivity contribution >= 4 is 5.91 Å².